The molecule has 0 saturated heterocycles. The van der Waals surface area contributed by atoms with Crippen molar-refractivity contribution in [2.45, 2.75) is 0 Å². The van der Waals surface area contributed by atoms with Gasteiger partial charge in [-0.2, -0.15) is 0 Å². The molecule has 0 aliphatic heterocycles. The fourth-order valence-corrected chi connectivity index (χ4v) is 3.11. The fraction of sp³-hybridized carbons (Fsp3) is 0. The molecule has 0 spiro atoms. The van der Waals surface area contributed by atoms with E-state index in [0.717, 1.165) is 26.7 Å². The maximum absolute atomic E-state index is 12.3. The van der Waals surface area contributed by atoms with Crippen molar-refractivity contribution in [1.82, 2.24) is 0 Å². The standard InChI is InChI=1S/C24H16BrNO2/c25-20-11-7-17(8-12-20)4-3-15-26-21-13-9-18(10-14-21)22-16-19-5-1-2-6-23(19)28-24(22)27/h1-16H/b4-3+,26-15?. The number of aliphatic imine (C=N–C) groups is 1. The van der Waals surface area contributed by atoms with Gasteiger partial charge in [-0.05, 0) is 53.6 Å². The van der Waals surface area contributed by atoms with Gasteiger partial charge in [0.15, 0.2) is 0 Å². The van der Waals surface area contributed by atoms with Crippen molar-refractivity contribution in [2.75, 3.05) is 0 Å². The SMILES string of the molecule is O=c1oc2ccccc2cc1-c1ccc(N=C/C=C/c2ccc(Br)cc2)cc1. The Kier molecular flexibility index (Phi) is 5.31. The zero-order chi connectivity index (χ0) is 19.3. The summed E-state index contributed by atoms with van der Waals surface area (Å²) in [6, 6.07) is 24.9. The van der Waals surface area contributed by atoms with Gasteiger partial charge >= 0.3 is 5.63 Å². The summed E-state index contributed by atoms with van der Waals surface area (Å²) >= 11 is 3.42. The van der Waals surface area contributed by atoms with Crippen LogP contribution in [-0.2, 0) is 0 Å². The van der Waals surface area contributed by atoms with E-state index in [1.165, 1.54) is 0 Å². The van der Waals surface area contributed by atoms with E-state index in [2.05, 4.69) is 20.9 Å². The molecule has 0 amide bonds. The van der Waals surface area contributed by atoms with Gasteiger partial charge in [-0.1, -0.05) is 64.5 Å². The third kappa shape index (κ3) is 4.18. The summed E-state index contributed by atoms with van der Waals surface area (Å²) in [5.41, 5.74) is 3.53. The zero-order valence-corrected chi connectivity index (χ0v) is 16.5. The molecule has 4 aromatic rings. The van der Waals surface area contributed by atoms with Crippen LogP contribution >= 0.6 is 15.9 Å². The third-order valence-electron chi connectivity index (χ3n) is 4.29. The Balaban J connectivity index is 1.52. The minimum atomic E-state index is -0.340. The van der Waals surface area contributed by atoms with Crippen LogP contribution in [0.25, 0.3) is 28.2 Å². The Labute approximate surface area is 170 Å². The van der Waals surface area contributed by atoms with E-state index in [1.807, 2.05) is 84.9 Å². The minimum Gasteiger partial charge on any atom is -0.422 e. The summed E-state index contributed by atoms with van der Waals surface area (Å²) in [6.45, 7) is 0. The number of nitrogens with zero attached hydrogens (tertiary/aromatic N) is 1. The second kappa shape index (κ2) is 8.19. The van der Waals surface area contributed by atoms with Gasteiger partial charge in [-0.25, -0.2) is 4.79 Å². The summed E-state index contributed by atoms with van der Waals surface area (Å²) in [4.78, 5) is 16.7. The van der Waals surface area contributed by atoms with Crippen molar-refractivity contribution < 1.29 is 4.42 Å². The number of para-hydroxylation sites is 1. The Hall–Kier alpha value is -3.24. The molecular weight excluding hydrogens is 414 g/mol. The van der Waals surface area contributed by atoms with E-state index in [1.54, 1.807) is 12.3 Å². The Morgan fingerprint density at radius 3 is 2.43 bits per heavy atom. The van der Waals surface area contributed by atoms with Crippen LogP contribution < -0.4 is 5.63 Å². The van der Waals surface area contributed by atoms with Gasteiger partial charge in [0.1, 0.15) is 5.58 Å². The van der Waals surface area contributed by atoms with Crippen molar-refractivity contribution >= 4 is 44.9 Å². The van der Waals surface area contributed by atoms with Crippen LogP contribution in [0.1, 0.15) is 5.56 Å². The molecule has 4 rings (SSSR count). The van der Waals surface area contributed by atoms with Crippen molar-refractivity contribution in [3.8, 4) is 11.1 Å². The van der Waals surface area contributed by atoms with Crippen LogP contribution in [0.2, 0.25) is 0 Å². The van der Waals surface area contributed by atoms with Crippen LogP contribution in [-0.4, -0.2) is 6.21 Å². The van der Waals surface area contributed by atoms with Crippen LogP contribution in [0.15, 0.2) is 104 Å². The number of halogens is 1. The van der Waals surface area contributed by atoms with Gasteiger partial charge in [0.25, 0.3) is 0 Å². The van der Waals surface area contributed by atoms with Gasteiger partial charge in [-0.15, -0.1) is 0 Å². The van der Waals surface area contributed by atoms with Crippen LogP contribution in [0.4, 0.5) is 5.69 Å². The molecule has 3 nitrogen and oxygen atoms in total. The molecule has 136 valence electrons. The number of rotatable bonds is 4. The monoisotopic (exact) mass is 429 g/mol. The zero-order valence-electron chi connectivity index (χ0n) is 14.9. The molecule has 0 aliphatic carbocycles. The summed E-state index contributed by atoms with van der Waals surface area (Å²) in [5.74, 6) is 0. The molecule has 3 aromatic carbocycles. The second-order valence-electron chi connectivity index (χ2n) is 6.22. The molecule has 0 bridgehead atoms. The van der Waals surface area contributed by atoms with Crippen LogP contribution in [0, 0.1) is 0 Å². The first kappa shape index (κ1) is 18.1. The fourth-order valence-electron chi connectivity index (χ4n) is 2.85. The normalized spacial score (nSPS) is 11.6. The Morgan fingerprint density at radius 1 is 0.893 bits per heavy atom. The quantitative estimate of drug-likeness (QED) is 0.269. The van der Waals surface area contributed by atoms with E-state index in [9.17, 15) is 4.79 Å². The van der Waals surface area contributed by atoms with E-state index in [4.69, 9.17) is 4.42 Å². The van der Waals surface area contributed by atoms with Gasteiger partial charge in [0.2, 0.25) is 0 Å². The molecule has 0 radical (unpaired) electrons. The molecular formula is C24H16BrNO2. The molecule has 28 heavy (non-hydrogen) atoms. The number of benzene rings is 3. The van der Waals surface area contributed by atoms with Crippen molar-refractivity contribution in [1.29, 1.82) is 0 Å². The number of hydrogen-bond donors (Lipinski definition) is 0. The predicted octanol–water partition coefficient (Wildman–Crippen LogP) is 6.64. The minimum absolute atomic E-state index is 0.340. The number of hydrogen-bond acceptors (Lipinski definition) is 3. The summed E-state index contributed by atoms with van der Waals surface area (Å²) in [5, 5.41) is 0.900. The molecule has 1 heterocycles. The highest BCUT2D eigenvalue weighted by Gasteiger charge is 2.07. The first-order valence-corrected chi connectivity index (χ1v) is 9.58. The third-order valence-corrected chi connectivity index (χ3v) is 4.82. The Bertz CT molecular complexity index is 1220. The summed E-state index contributed by atoms with van der Waals surface area (Å²) < 4.78 is 6.46. The summed E-state index contributed by atoms with van der Waals surface area (Å²) in [7, 11) is 0. The highest BCUT2D eigenvalue weighted by molar-refractivity contribution is 9.10. The summed E-state index contributed by atoms with van der Waals surface area (Å²) in [6.07, 6.45) is 5.64. The number of allylic oxidation sites excluding steroid dienone is 1. The second-order valence-corrected chi connectivity index (χ2v) is 7.14. The maximum Gasteiger partial charge on any atom is 0.344 e. The molecule has 0 unspecified atom stereocenters. The average molecular weight is 430 g/mol. The lowest BCUT2D eigenvalue weighted by Gasteiger charge is -2.03. The maximum atomic E-state index is 12.3. The molecule has 1 aromatic heterocycles. The van der Waals surface area contributed by atoms with E-state index in [0.29, 0.717) is 11.1 Å². The number of fused-ring (bicyclic) bond motifs is 1. The lowest BCUT2D eigenvalue weighted by atomic mass is 10.1. The molecule has 0 N–H and O–H groups in total. The van der Waals surface area contributed by atoms with E-state index < -0.39 is 0 Å². The van der Waals surface area contributed by atoms with E-state index >= 15 is 0 Å². The van der Waals surface area contributed by atoms with Gasteiger partial charge in [0, 0.05) is 16.1 Å². The highest BCUT2D eigenvalue weighted by Crippen LogP contribution is 2.23. The van der Waals surface area contributed by atoms with E-state index in [-0.39, 0.29) is 5.63 Å². The first-order valence-electron chi connectivity index (χ1n) is 8.79. The lowest BCUT2D eigenvalue weighted by Crippen LogP contribution is -2.02. The average Bonchev–Trinajstić information content (AvgIpc) is 2.72. The van der Waals surface area contributed by atoms with Crippen molar-refractivity contribution in [3.63, 3.8) is 0 Å². The Morgan fingerprint density at radius 2 is 1.64 bits per heavy atom. The molecule has 0 saturated carbocycles. The highest BCUT2D eigenvalue weighted by atomic mass is 79.9. The smallest absolute Gasteiger partial charge is 0.344 e. The first-order chi connectivity index (χ1) is 13.7. The molecule has 0 aliphatic rings. The van der Waals surface area contributed by atoms with Crippen molar-refractivity contribution in [2.24, 2.45) is 4.99 Å². The lowest BCUT2D eigenvalue weighted by molar-refractivity contribution is 0.563. The van der Waals surface area contributed by atoms with Crippen LogP contribution in [0.3, 0.4) is 0 Å². The van der Waals surface area contributed by atoms with Gasteiger partial charge < -0.3 is 4.42 Å². The molecule has 4 heteroatoms. The van der Waals surface area contributed by atoms with Gasteiger partial charge in [-0.3, -0.25) is 4.99 Å². The molecule has 0 atom stereocenters. The van der Waals surface area contributed by atoms with Crippen LogP contribution in [0.5, 0.6) is 0 Å². The largest absolute Gasteiger partial charge is 0.422 e. The predicted molar refractivity (Wildman–Crippen MR) is 119 cm³/mol. The molecule has 0 fully saturated rings. The van der Waals surface area contributed by atoms with Crippen molar-refractivity contribution in [3.05, 3.63) is 105 Å². The topological polar surface area (TPSA) is 42.6 Å². The van der Waals surface area contributed by atoms with Gasteiger partial charge in [0.05, 0.1) is 11.3 Å².